The zero-order chi connectivity index (χ0) is 38.1. The monoisotopic (exact) mass is 748 g/mol. The van der Waals surface area contributed by atoms with E-state index in [0.717, 1.165) is 32.1 Å². The summed E-state index contributed by atoms with van der Waals surface area (Å²) in [5, 5.41) is 0. The number of carbonyl (C=O) groups excluding carboxylic acids is 1. The third kappa shape index (κ3) is 6.65. The summed E-state index contributed by atoms with van der Waals surface area (Å²) in [5.41, 5.74) is 0.0352. The van der Waals surface area contributed by atoms with E-state index in [2.05, 4.69) is 34.6 Å². The molecule has 0 aromatic rings. The van der Waals surface area contributed by atoms with Crippen LogP contribution in [0, 0.1) is 52.3 Å². The zero-order valence-corrected chi connectivity index (χ0v) is 29.0. The maximum atomic E-state index is 14.4. The number of ether oxygens (including phenoxy) is 1. The van der Waals surface area contributed by atoms with E-state index in [-0.39, 0.29) is 29.6 Å². The Morgan fingerprint density at radius 3 is 1.82 bits per heavy atom. The number of carbonyl (C=O) groups is 1. The van der Waals surface area contributed by atoms with Gasteiger partial charge in [0.25, 0.3) is 0 Å². The zero-order valence-electron chi connectivity index (χ0n) is 29.0. The van der Waals surface area contributed by atoms with Crippen molar-refractivity contribution in [1.82, 2.24) is 0 Å². The fourth-order valence-corrected chi connectivity index (χ4v) is 10.7. The highest BCUT2D eigenvalue weighted by Crippen LogP contribution is 2.69. The molecule has 0 radical (unpaired) electrons. The minimum atomic E-state index is -8.00. The summed E-state index contributed by atoms with van der Waals surface area (Å²) in [7, 11) is 0. The minimum Gasteiger partial charge on any atom is -0.462 e. The molecule has 4 aliphatic rings. The summed E-state index contributed by atoms with van der Waals surface area (Å²) in [4.78, 5) is 12.3. The number of fused-ring (bicyclic) bond motifs is 5. The lowest BCUT2D eigenvalue weighted by Crippen LogP contribution is -2.70. The van der Waals surface area contributed by atoms with Gasteiger partial charge in [-0.05, 0) is 110 Å². The summed E-state index contributed by atoms with van der Waals surface area (Å²) in [6.45, 7) is 11.4. The van der Waals surface area contributed by atoms with Gasteiger partial charge in [0.1, 0.15) is 12.5 Å². The molecule has 292 valence electrons. The van der Waals surface area contributed by atoms with Gasteiger partial charge in [0.2, 0.25) is 0 Å². The molecule has 0 N–H and O–H groups in total. The van der Waals surface area contributed by atoms with Gasteiger partial charge in [-0.15, -0.1) is 0 Å². The van der Waals surface area contributed by atoms with Gasteiger partial charge in [-0.3, -0.25) is 4.79 Å². The molecule has 2 nitrogen and oxygen atoms in total. The van der Waals surface area contributed by atoms with Crippen LogP contribution < -0.4 is 0 Å². The molecule has 0 spiro atoms. The van der Waals surface area contributed by atoms with Crippen molar-refractivity contribution in [3.63, 3.8) is 0 Å². The van der Waals surface area contributed by atoms with Crippen LogP contribution in [0.1, 0.15) is 118 Å². The first-order chi connectivity index (χ1) is 22.6. The molecule has 4 saturated carbocycles. The standard InChI is InChI=1S/C35H49F13O2/c1-19(2)7-6-8-20(3)24-11-12-25-23-10-9-21-17-22(13-15-28(21,4)26(23)14-16-29(24,25)5)50-27(49)18-30(36,37)31(38,39)32(40,41)33(42,43)34(44,45)35(46,47)48/h19-26H,6-18H2,1-5H3. The second-order valence-electron chi connectivity index (χ2n) is 16.8. The van der Waals surface area contributed by atoms with Crippen LogP contribution in [0.3, 0.4) is 0 Å². The third-order valence-electron chi connectivity index (χ3n) is 13.5. The molecule has 9 unspecified atom stereocenters. The fourth-order valence-electron chi connectivity index (χ4n) is 10.7. The Morgan fingerprint density at radius 1 is 0.680 bits per heavy atom. The average Bonchev–Trinajstić information content (AvgIpc) is 3.33. The first-order valence-corrected chi connectivity index (χ1v) is 17.7. The molecule has 15 heteroatoms. The predicted octanol–water partition coefficient (Wildman–Crippen LogP) is 12.1. The van der Waals surface area contributed by atoms with E-state index in [1.165, 1.54) is 25.7 Å². The van der Waals surface area contributed by atoms with Crippen LogP contribution in [0.15, 0.2) is 0 Å². The van der Waals surface area contributed by atoms with Crippen LogP contribution in [-0.4, -0.2) is 47.9 Å². The molecule has 4 aliphatic carbocycles. The Hall–Kier alpha value is -1.44. The van der Waals surface area contributed by atoms with Gasteiger partial charge in [-0.25, -0.2) is 0 Å². The second kappa shape index (κ2) is 13.4. The molecule has 4 fully saturated rings. The van der Waals surface area contributed by atoms with Gasteiger partial charge >= 0.3 is 41.8 Å². The van der Waals surface area contributed by atoms with Crippen molar-refractivity contribution in [2.75, 3.05) is 0 Å². The Bertz CT molecular complexity index is 1220. The molecule has 0 amide bonds. The molecule has 0 aromatic heterocycles. The first-order valence-electron chi connectivity index (χ1n) is 17.7. The third-order valence-corrected chi connectivity index (χ3v) is 13.5. The Morgan fingerprint density at radius 2 is 1.24 bits per heavy atom. The van der Waals surface area contributed by atoms with Gasteiger partial charge in [0, 0.05) is 0 Å². The topological polar surface area (TPSA) is 26.3 Å². The molecule has 0 heterocycles. The van der Waals surface area contributed by atoms with E-state index in [0.29, 0.717) is 41.9 Å². The maximum Gasteiger partial charge on any atom is 0.460 e. The molecule has 50 heavy (non-hydrogen) atoms. The highest BCUT2D eigenvalue weighted by Gasteiger charge is 2.90. The fraction of sp³-hybridized carbons (Fsp3) is 0.971. The first kappa shape index (κ1) is 41.3. The van der Waals surface area contributed by atoms with Crippen LogP contribution in [0.4, 0.5) is 57.1 Å². The minimum absolute atomic E-state index is 0.0404. The molecular weight excluding hydrogens is 699 g/mol. The van der Waals surface area contributed by atoms with Gasteiger partial charge in [0.15, 0.2) is 0 Å². The van der Waals surface area contributed by atoms with Gasteiger partial charge in [-0.2, -0.15) is 57.1 Å². The normalized spacial score (nSPS) is 34.9. The largest absolute Gasteiger partial charge is 0.462 e. The van der Waals surface area contributed by atoms with E-state index < -0.39 is 54.3 Å². The van der Waals surface area contributed by atoms with Crippen LogP contribution in [0.2, 0.25) is 0 Å². The molecule has 4 rings (SSSR count). The Kier molecular flexibility index (Phi) is 11.1. The lowest BCUT2D eigenvalue weighted by Gasteiger charge is -2.61. The van der Waals surface area contributed by atoms with Crippen molar-refractivity contribution in [3.8, 4) is 0 Å². The van der Waals surface area contributed by atoms with Gasteiger partial charge in [-0.1, -0.05) is 53.9 Å². The molecule has 0 aromatic carbocycles. The van der Waals surface area contributed by atoms with Crippen LogP contribution >= 0.6 is 0 Å². The van der Waals surface area contributed by atoms with E-state index in [4.69, 9.17) is 4.74 Å². The van der Waals surface area contributed by atoms with Gasteiger partial charge in [0.05, 0.1) is 0 Å². The Balaban J connectivity index is 1.39. The lowest BCUT2D eigenvalue weighted by molar-refractivity contribution is -0.439. The van der Waals surface area contributed by atoms with E-state index in [1.807, 2.05) is 0 Å². The number of rotatable bonds is 12. The van der Waals surface area contributed by atoms with Crippen LogP contribution in [0.5, 0.6) is 0 Å². The number of esters is 1. The van der Waals surface area contributed by atoms with Crippen molar-refractivity contribution < 1.29 is 66.6 Å². The molecular formula is C35H49F13O2. The number of halogens is 13. The predicted molar refractivity (Wildman–Crippen MR) is 158 cm³/mol. The highest BCUT2D eigenvalue weighted by molar-refractivity contribution is 5.71. The van der Waals surface area contributed by atoms with Crippen molar-refractivity contribution >= 4 is 5.97 Å². The number of alkyl halides is 13. The van der Waals surface area contributed by atoms with Crippen molar-refractivity contribution in [2.45, 2.75) is 160 Å². The van der Waals surface area contributed by atoms with Crippen LogP contribution in [0.25, 0.3) is 0 Å². The van der Waals surface area contributed by atoms with E-state index in [9.17, 15) is 61.9 Å². The van der Waals surface area contributed by atoms with Crippen molar-refractivity contribution in [1.29, 1.82) is 0 Å². The average molecular weight is 749 g/mol. The van der Waals surface area contributed by atoms with E-state index in [1.54, 1.807) is 0 Å². The number of hydrogen-bond donors (Lipinski definition) is 0. The molecule has 0 bridgehead atoms. The van der Waals surface area contributed by atoms with Crippen molar-refractivity contribution in [3.05, 3.63) is 0 Å². The molecule has 9 atom stereocenters. The maximum absolute atomic E-state index is 14.4. The number of hydrogen-bond acceptors (Lipinski definition) is 2. The molecule has 0 saturated heterocycles. The lowest BCUT2D eigenvalue weighted by atomic mass is 9.44. The SMILES string of the molecule is CC(C)CCCC(C)C1CCC2C3CCC4CC(OC(=O)CC(F)(F)C(F)(F)C(F)(F)C(F)(F)C(F)(F)C(F)(F)F)CCC4(C)C3CCC12C. The smallest absolute Gasteiger partial charge is 0.460 e. The molecule has 0 aliphatic heterocycles. The highest BCUT2D eigenvalue weighted by atomic mass is 19.4. The summed E-state index contributed by atoms with van der Waals surface area (Å²) < 4.78 is 180. The summed E-state index contributed by atoms with van der Waals surface area (Å²) in [6, 6.07) is 0. The Labute approximate surface area is 285 Å². The van der Waals surface area contributed by atoms with E-state index >= 15 is 0 Å². The summed E-state index contributed by atoms with van der Waals surface area (Å²) >= 11 is 0. The second-order valence-corrected chi connectivity index (χ2v) is 16.8. The van der Waals surface area contributed by atoms with Crippen molar-refractivity contribution in [2.24, 2.45) is 52.3 Å². The summed E-state index contributed by atoms with van der Waals surface area (Å²) in [5.74, 6) is -36.6. The van der Waals surface area contributed by atoms with Gasteiger partial charge < -0.3 is 4.74 Å². The quantitative estimate of drug-likeness (QED) is 0.147. The van der Waals surface area contributed by atoms with Crippen LogP contribution in [-0.2, 0) is 9.53 Å². The summed E-state index contributed by atoms with van der Waals surface area (Å²) in [6.07, 6.45) is -1.08.